The van der Waals surface area contributed by atoms with Crippen molar-refractivity contribution in [2.24, 2.45) is 0 Å². The standard InChI is InChI=1S/C13H14FNO/c1-13(2,3)15-11-8-10(14)6-4-9(11)5-7-12(15)16/h4-8H,1-3H3. The van der Waals surface area contributed by atoms with Crippen molar-refractivity contribution < 1.29 is 4.39 Å². The lowest BCUT2D eigenvalue weighted by Crippen LogP contribution is -2.33. The molecule has 0 N–H and O–H groups in total. The second kappa shape index (κ2) is 3.44. The van der Waals surface area contributed by atoms with Crippen molar-refractivity contribution in [1.29, 1.82) is 0 Å². The molecule has 2 nitrogen and oxygen atoms in total. The Balaban J connectivity index is 2.94. The van der Waals surface area contributed by atoms with E-state index in [4.69, 9.17) is 0 Å². The quantitative estimate of drug-likeness (QED) is 0.667. The Morgan fingerprint density at radius 2 is 1.75 bits per heavy atom. The van der Waals surface area contributed by atoms with E-state index >= 15 is 0 Å². The van der Waals surface area contributed by atoms with Gasteiger partial charge in [0.15, 0.2) is 0 Å². The van der Waals surface area contributed by atoms with E-state index in [0.29, 0.717) is 5.52 Å². The van der Waals surface area contributed by atoms with Crippen LogP contribution in [0.3, 0.4) is 0 Å². The number of hydrogen-bond donors (Lipinski definition) is 0. The number of nitrogens with zero attached hydrogens (tertiary/aromatic N) is 1. The predicted octanol–water partition coefficient (Wildman–Crippen LogP) is 2.90. The molecule has 0 atom stereocenters. The topological polar surface area (TPSA) is 22.0 Å². The number of benzene rings is 1. The van der Waals surface area contributed by atoms with Gasteiger partial charge in [-0.2, -0.15) is 0 Å². The molecule has 2 aromatic rings. The zero-order chi connectivity index (χ0) is 11.9. The van der Waals surface area contributed by atoms with Crippen LogP contribution < -0.4 is 5.56 Å². The summed E-state index contributed by atoms with van der Waals surface area (Å²) in [5.74, 6) is -0.323. The molecule has 2 rings (SSSR count). The van der Waals surface area contributed by atoms with Gasteiger partial charge in [-0.1, -0.05) is 0 Å². The Morgan fingerprint density at radius 3 is 2.38 bits per heavy atom. The molecule has 0 aliphatic rings. The summed E-state index contributed by atoms with van der Waals surface area (Å²) in [7, 11) is 0. The molecular formula is C13H14FNO. The summed E-state index contributed by atoms with van der Waals surface area (Å²) >= 11 is 0. The molecule has 0 aliphatic carbocycles. The molecular weight excluding hydrogens is 205 g/mol. The third-order valence-electron chi connectivity index (χ3n) is 2.53. The van der Waals surface area contributed by atoms with Gasteiger partial charge in [0.25, 0.3) is 5.56 Å². The maximum Gasteiger partial charge on any atom is 0.251 e. The van der Waals surface area contributed by atoms with Crippen LogP contribution in [0.5, 0.6) is 0 Å². The highest BCUT2D eigenvalue weighted by molar-refractivity contribution is 5.79. The molecule has 0 unspecified atom stereocenters. The van der Waals surface area contributed by atoms with Gasteiger partial charge >= 0.3 is 0 Å². The first-order valence-electron chi connectivity index (χ1n) is 5.21. The highest BCUT2D eigenvalue weighted by atomic mass is 19.1. The van der Waals surface area contributed by atoms with Crippen LogP contribution in [0.25, 0.3) is 10.9 Å². The normalized spacial score (nSPS) is 12.0. The van der Waals surface area contributed by atoms with Crippen LogP contribution in [0.15, 0.2) is 35.1 Å². The van der Waals surface area contributed by atoms with E-state index in [9.17, 15) is 9.18 Å². The average Bonchev–Trinajstić information content (AvgIpc) is 2.14. The summed E-state index contributed by atoms with van der Waals surface area (Å²) in [6.45, 7) is 5.79. The Morgan fingerprint density at radius 1 is 1.12 bits per heavy atom. The fourth-order valence-corrected chi connectivity index (χ4v) is 1.90. The van der Waals surface area contributed by atoms with E-state index in [1.54, 1.807) is 16.7 Å². The molecule has 0 spiro atoms. The minimum absolute atomic E-state index is 0.106. The Bertz CT molecular complexity index is 593. The summed E-state index contributed by atoms with van der Waals surface area (Å²) in [6, 6.07) is 7.74. The summed E-state index contributed by atoms with van der Waals surface area (Å²) in [6.07, 6.45) is 0. The van der Waals surface area contributed by atoms with E-state index in [1.807, 2.05) is 20.8 Å². The van der Waals surface area contributed by atoms with Gasteiger partial charge in [-0.25, -0.2) is 4.39 Å². The van der Waals surface area contributed by atoms with Gasteiger partial charge < -0.3 is 4.57 Å². The van der Waals surface area contributed by atoms with Crippen LogP contribution in [0.4, 0.5) is 4.39 Å². The lowest BCUT2D eigenvalue weighted by atomic mass is 10.1. The van der Waals surface area contributed by atoms with Crippen LogP contribution in [0.2, 0.25) is 0 Å². The molecule has 0 aliphatic heterocycles. The van der Waals surface area contributed by atoms with Crippen LogP contribution in [0, 0.1) is 5.82 Å². The third kappa shape index (κ3) is 1.73. The van der Waals surface area contributed by atoms with E-state index in [2.05, 4.69) is 0 Å². The van der Waals surface area contributed by atoms with Gasteiger partial charge in [-0.05, 0) is 50.4 Å². The number of hydrogen-bond acceptors (Lipinski definition) is 1. The largest absolute Gasteiger partial charge is 0.303 e. The number of rotatable bonds is 0. The predicted molar refractivity (Wildman–Crippen MR) is 63.2 cm³/mol. The monoisotopic (exact) mass is 219 g/mol. The maximum atomic E-state index is 13.2. The van der Waals surface area contributed by atoms with Crippen molar-refractivity contribution >= 4 is 10.9 Å². The molecule has 0 saturated carbocycles. The Labute approximate surface area is 93.3 Å². The van der Waals surface area contributed by atoms with E-state index in [-0.39, 0.29) is 16.9 Å². The fourth-order valence-electron chi connectivity index (χ4n) is 1.90. The Kier molecular flexibility index (Phi) is 2.34. The van der Waals surface area contributed by atoms with Crippen LogP contribution >= 0.6 is 0 Å². The van der Waals surface area contributed by atoms with Crippen molar-refractivity contribution in [1.82, 2.24) is 4.57 Å². The first kappa shape index (κ1) is 10.9. The summed E-state index contributed by atoms with van der Waals surface area (Å²) in [4.78, 5) is 11.8. The van der Waals surface area contributed by atoms with E-state index < -0.39 is 0 Å². The molecule has 0 radical (unpaired) electrons. The van der Waals surface area contributed by atoms with Gasteiger partial charge in [0, 0.05) is 11.6 Å². The summed E-state index contributed by atoms with van der Waals surface area (Å²) < 4.78 is 14.8. The highest BCUT2D eigenvalue weighted by Gasteiger charge is 2.17. The minimum Gasteiger partial charge on any atom is -0.303 e. The summed E-state index contributed by atoms with van der Waals surface area (Å²) in [5.41, 5.74) is 0.176. The molecule has 0 fully saturated rings. The average molecular weight is 219 g/mol. The van der Waals surface area contributed by atoms with Gasteiger partial charge in [-0.15, -0.1) is 0 Å². The first-order valence-corrected chi connectivity index (χ1v) is 5.21. The number of fused-ring (bicyclic) bond motifs is 1. The Hall–Kier alpha value is -1.64. The van der Waals surface area contributed by atoms with Crippen molar-refractivity contribution in [3.05, 3.63) is 46.5 Å². The highest BCUT2D eigenvalue weighted by Crippen LogP contribution is 2.20. The van der Waals surface area contributed by atoms with Gasteiger partial charge in [0.2, 0.25) is 0 Å². The van der Waals surface area contributed by atoms with Crippen molar-refractivity contribution in [2.45, 2.75) is 26.3 Å². The maximum absolute atomic E-state index is 13.2. The van der Waals surface area contributed by atoms with Gasteiger partial charge in [-0.3, -0.25) is 4.79 Å². The lowest BCUT2D eigenvalue weighted by Gasteiger charge is -2.24. The van der Waals surface area contributed by atoms with Gasteiger partial charge in [0.1, 0.15) is 5.82 Å². The van der Waals surface area contributed by atoms with Crippen LogP contribution in [-0.4, -0.2) is 4.57 Å². The molecule has 1 aromatic heterocycles. The second-order valence-electron chi connectivity index (χ2n) is 4.88. The molecule has 84 valence electrons. The van der Waals surface area contributed by atoms with Gasteiger partial charge in [0.05, 0.1) is 5.52 Å². The number of halogens is 1. The second-order valence-corrected chi connectivity index (χ2v) is 4.88. The zero-order valence-corrected chi connectivity index (χ0v) is 9.62. The third-order valence-corrected chi connectivity index (χ3v) is 2.53. The van der Waals surface area contributed by atoms with Crippen molar-refractivity contribution in [2.75, 3.05) is 0 Å². The molecule has 0 bridgehead atoms. The first-order chi connectivity index (χ1) is 7.39. The fraction of sp³-hybridized carbons (Fsp3) is 0.308. The summed E-state index contributed by atoms with van der Waals surface area (Å²) in [5, 5.41) is 0.871. The molecule has 0 saturated heterocycles. The van der Waals surface area contributed by atoms with E-state index in [1.165, 1.54) is 18.2 Å². The zero-order valence-electron chi connectivity index (χ0n) is 9.62. The minimum atomic E-state index is -0.357. The van der Waals surface area contributed by atoms with Crippen LogP contribution in [0.1, 0.15) is 20.8 Å². The number of pyridine rings is 1. The number of aromatic nitrogens is 1. The molecule has 16 heavy (non-hydrogen) atoms. The molecule has 1 heterocycles. The molecule has 1 aromatic carbocycles. The molecule has 3 heteroatoms. The van der Waals surface area contributed by atoms with E-state index in [0.717, 1.165) is 5.39 Å². The molecule has 0 amide bonds. The van der Waals surface area contributed by atoms with Crippen LogP contribution in [-0.2, 0) is 5.54 Å². The SMILES string of the molecule is CC(C)(C)n1c(=O)ccc2ccc(F)cc21. The lowest BCUT2D eigenvalue weighted by molar-refractivity contribution is 0.398. The van der Waals surface area contributed by atoms with Crippen molar-refractivity contribution in [3.8, 4) is 0 Å². The smallest absolute Gasteiger partial charge is 0.251 e. The van der Waals surface area contributed by atoms with Crippen molar-refractivity contribution in [3.63, 3.8) is 0 Å².